The Morgan fingerprint density at radius 3 is 1.29 bits per heavy atom. The van der Waals surface area contributed by atoms with E-state index in [2.05, 4.69) is 0 Å². The summed E-state index contributed by atoms with van der Waals surface area (Å²) in [6.07, 6.45) is 0. The van der Waals surface area contributed by atoms with E-state index in [1.807, 2.05) is 60.7 Å². The summed E-state index contributed by atoms with van der Waals surface area (Å²) in [6, 6.07) is 28.1. The summed E-state index contributed by atoms with van der Waals surface area (Å²) in [5.41, 5.74) is 3.17. The quantitative estimate of drug-likeness (QED) is 0.395. The van der Waals surface area contributed by atoms with Crippen molar-refractivity contribution in [2.45, 2.75) is 0 Å². The molecule has 0 amide bonds. The number of carboxylic acid groups (broad SMARTS) is 2. The summed E-state index contributed by atoms with van der Waals surface area (Å²) < 4.78 is 6.23. The third-order valence-electron chi connectivity index (χ3n) is 4.84. The second-order valence-corrected chi connectivity index (χ2v) is 6.87. The number of hydrogen-bond acceptors (Lipinski definition) is 3. The fraction of sp³-hybridized carbons (Fsp3) is 0. The fourth-order valence-corrected chi connectivity index (χ4v) is 3.31. The molecule has 4 aromatic rings. The first-order valence-electron chi connectivity index (χ1n) is 9.56. The van der Waals surface area contributed by atoms with Crippen LogP contribution in [0.25, 0.3) is 22.3 Å². The van der Waals surface area contributed by atoms with Gasteiger partial charge in [0, 0.05) is 11.1 Å². The Morgan fingerprint density at radius 2 is 0.935 bits per heavy atom. The van der Waals surface area contributed by atoms with Crippen molar-refractivity contribution >= 4 is 11.9 Å². The van der Waals surface area contributed by atoms with Gasteiger partial charge in [-0.1, -0.05) is 60.7 Å². The second-order valence-electron chi connectivity index (χ2n) is 6.87. The molecule has 152 valence electrons. The lowest BCUT2D eigenvalue weighted by Gasteiger charge is -2.16. The van der Waals surface area contributed by atoms with Crippen LogP contribution in [0.15, 0.2) is 97.1 Å². The first kappa shape index (κ1) is 19.9. The number of carbonyl (C=O) groups is 2. The molecule has 0 saturated heterocycles. The van der Waals surface area contributed by atoms with E-state index in [9.17, 15) is 19.8 Å². The fourth-order valence-electron chi connectivity index (χ4n) is 3.31. The first-order valence-corrected chi connectivity index (χ1v) is 9.56. The highest BCUT2D eigenvalue weighted by molar-refractivity contribution is 5.92. The molecule has 0 bridgehead atoms. The maximum atomic E-state index is 11.5. The van der Waals surface area contributed by atoms with Gasteiger partial charge in [0.1, 0.15) is 11.5 Å². The average molecular weight is 410 g/mol. The molecule has 0 aliphatic carbocycles. The van der Waals surface area contributed by atoms with Gasteiger partial charge in [-0.25, -0.2) is 9.59 Å². The summed E-state index contributed by atoms with van der Waals surface area (Å²) in [5.74, 6) is -1.12. The summed E-state index contributed by atoms with van der Waals surface area (Å²) in [6.45, 7) is 0. The van der Waals surface area contributed by atoms with Crippen LogP contribution in [0.2, 0.25) is 0 Å². The van der Waals surface area contributed by atoms with E-state index in [0.717, 1.165) is 11.1 Å². The maximum Gasteiger partial charge on any atom is 0.335 e. The highest BCUT2D eigenvalue weighted by atomic mass is 16.5. The number of carboxylic acids is 2. The summed E-state index contributed by atoms with van der Waals surface area (Å²) in [4.78, 5) is 23.0. The minimum atomic E-state index is -1.03. The third-order valence-corrected chi connectivity index (χ3v) is 4.84. The maximum absolute atomic E-state index is 11.5. The van der Waals surface area contributed by atoms with Gasteiger partial charge in [0.05, 0.1) is 11.1 Å². The Bertz CT molecular complexity index is 1150. The highest BCUT2D eigenvalue weighted by Crippen LogP contribution is 2.39. The van der Waals surface area contributed by atoms with Crippen LogP contribution in [0.4, 0.5) is 0 Å². The van der Waals surface area contributed by atoms with Gasteiger partial charge in [-0.05, 0) is 47.5 Å². The zero-order chi connectivity index (χ0) is 21.8. The predicted octanol–water partition coefficient (Wildman–Crippen LogP) is 6.21. The van der Waals surface area contributed by atoms with Crippen LogP contribution in [-0.4, -0.2) is 22.2 Å². The largest absolute Gasteiger partial charge is 0.478 e. The van der Waals surface area contributed by atoms with Gasteiger partial charge in [0.25, 0.3) is 0 Å². The number of hydrogen-bond donors (Lipinski definition) is 2. The molecule has 0 spiro atoms. The van der Waals surface area contributed by atoms with Gasteiger partial charge in [0.15, 0.2) is 0 Å². The zero-order valence-corrected chi connectivity index (χ0v) is 16.4. The average Bonchev–Trinajstić information content (AvgIpc) is 2.80. The van der Waals surface area contributed by atoms with Crippen molar-refractivity contribution in [3.63, 3.8) is 0 Å². The van der Waals surface area contributed by atoms with Crippen molar-refractivity contribution in [3.8, 4) is 33.8 Å². The first-order chi connectivity index (χ1) is 15.0. The van der Waals surface area contributed by atoms with Crippen LogP contribution in [0.3, 0.4) is 0 Å². The molecular formula is C26H18O5. The molecule has 0 aliphatic heterocycles. The molecule has 4 aromatic carbocycles. The van der Waals surface area contributed by atoms with Gasteiger partial charge in [-0.3, -0.25) is 0 Å². The van der Waals surface area contributed by atoms with E-state index in [1.54, 1.807) is 24.3 Å². The number of rotatable bonds is 6. The van der Waals surface area contributed by atoms with Crippen LogP contribution in [-0.2, 0) is 0 Å². The molecule has 0 unspecified atom stereocenters. The van der Waals surface area contributed by atoms with Crippen LogP contribution in [0.5, 0.6) is 11.5 Å². The number of ether oxygens (including phenoxy) is 1. The minimum absolute atomic E-state index is 0.149. The van der Waals surface area contributed by atoms with Crippen molar-refractivity contribution in [2.75, 3.05) is 0 Å². The smallest absolute Gasteiger partial charge is 0.335 e. The van der Waals surface area contributed by atoms with Crippen LogP contribution < -0.4 is 4.74 Å². The molecule has 2 N–H and O–H groups in total. The van der Waals surface area contributed by atoms with Crippen molar-refractivity contribution in [1.82, 2.24) is 0 Å². The van der Waals surface area contributed by atoms with Crippen molar-refractivity contribution < 1.29 is 24.5 Å². The zero-order valence-electron chi connectivity index (χ0n) is 16.4. The molecule has 4 rings (SSSR count). The Labute approximate surface area is 178 Å². The lowest BCUT2D eigenvalue weighted by Crippen LogP contribution is -2.00. The Morgan fingerprint density at radius 1 is 0.548 bits per heavy atom. The van der Waals surface area contributed by atoms with Crippen molar-refractivity contribution in [3.05, 3.63) is 108 Å². The standard InChI is InChI=1S/C26H18O5/c27-25(28)19-11-13-23(21(15-19)17-7-3-1-4-8-17)31-24-14-12-20(26(29)30)16-22(24)18-9-5-2-6-10-18/h1-16H,(H,27,28)(H,29,30). The van der Waals surface area contributed by atoms with Gasteiger partial charge in [-0.15, -0.1) is 0 Å². The lowest BCUT2D eigenvalue weighted by molar-refractivity contribution is 0.0686. The summed E-state index contributed by atoms with van der Waals surface area (Å²) >= 11 is 0. The van der Waals surface area contributed by atoms with Gasteiger partial charge in [-0.2, -0.15) is 0 Å². The normalized spacial score (nSPS) is 10.5. The molecule has 5 nitrogen and oxygen atoms in total. The van der Waals surface area contributed by atoms with Crippen LogP contribution in [0.1, 0.15) is 20.7 Å². The van der Waals surface area contributed by atoms with Crippen molar-refractivity contribution in [2.24, 2.45) is 0 Å². The molecular weight excluding hydrogens is 392 g/mol. The van der Waals surface area contributed by atoms with Crippen LogP contribution in [0, 0.1) is 0 Å². The van der Waals surface area contributed by atoms with Crippen LogP contribution >= 0.6 is 0 Å². The van der Waals surface area contributed by atoms with E-state index < -0.39 is 11.9 Å². The molecule has 0 radical (unpaired) electrons. The SMILES string of the molecule is O=C(O)c1ccc(Oc2ccc(C(=O)O)cc2-c2ccccc2)c(-c2ccccc2)c1. The summed E-state index contributed by atoms with van der Waals surface area (Å²) in [7, 11) is 0. The molecule has 0 saturated carbocycles. The molecule has 0 aromatic heterocycles. The molecule has 5 heteroatoms. The molecule has 0 aliphatic rings. The molecule has 0 fully saturated rings. The predicted molar refractivity (Wildman–Crippen MR) is 118 cm³/mol. The van der Waals surface area contributed by atoms with E-state index in [0.29, 0.717) is 22.6 Å². The van der Waals surface area contributed by atoms with Gasteiger partial charge < -0.3 is 14.9 Å². The number of benzene rings is 4. The third kappa shape index (κ3) is 4.31. The summed E-state index contributed by atoms with van der Waals surface area (Å²) in [5, 5.41) is 18.8. The Balaban J connectivity index is 1.84. The highest BCUT2D eigenvalue weighted by Gasteiger charge is 2.16. The Hall–Kier alpha value is -4.38. The van der Waals surface area contributed by atoms with Gasteiger partial charge >= 0.3 is 11.9 Å². The van der Waals surface area contributed by atoms with Crippen molar-refractivity contribution in [1.29, 1.82) is 0 Å². The van der Waals surface area contributed by atoms with E-state index in [4.69, 9.17) is 4.74 Å². The molecule has 31 heavy (non-hydrogen) atoms. The van der Waals surface area contributed by atoms with E-state index in [-0.39, 0.29) is 11.1 Å². The monoisotopic (exact) mass is 410 g/mol. The van der Waals surface area contributed by atoms with E-state index in [1.165, 1.54) is 12.1 Å². The lowest BCUT2D eigenvalue weighted by atomic mass is 10.0. The van der Waals surface area contributed by atoms with E-state index >= 15 is 0 Å². The molecule has 0 heterocycles. The minimum Gasteiger partial charge on any atom is -0.478 e. The number of aromatic carboxylic acids is 2. The second kappa shape index (κ2) is 8.55. The topological polar surface area (TPSA) is 83.8 Å². The molecule has 0 atom stereocenters. The Kier molecular flexibility index (Phi) is 5.49. The van der Waals surface area contributed by atoms with Gasteiger partial charge in [0.2, 0.25) is 0 Å².